The largest absolute Gasteiger partial charge is 0.483 e. The van der Waals surface area contributed by atoms with E-state index in [1.54, 1.807) is 11.3 Å². The zero-order chi connectivity index (χ0) is 22.1. The first kappa shape index (κ1) is 22.8. The summed E-state index contributed by atoms with van der Waals surface area (Å²) in [5, 5.41) is 12.5. The summed E-state index contributed by atoms with van der Waals surface area (Å²) in [6, 6.07) is 8.17. The molecule has 31 heavy (non-hydrogen) atoms. The van der Waals surface area contributed by atoms with E-state index in [2.05, 4.69) is 21.1 Å². The fourth-order valence-electron chi connectivity index (χ4n) is 3.25. The van der Waals surface area contributed by atoms with E-state index in [9.17, 15) is 4.79 Å². The topological polar surface area (TPSA) is 142 Å². The molecule has 1 unspecified atom stereocenters. The number of hydrogen-bond acceptors (Lipinski definition) is 8. The number of carbonyl (C=O) groups is 2. The molecule has 1 aromatic carbocycles. The molecule has 10 nitrogen and oxygen atoms in total. The zero-order valence-corrected chi connectivity index (χ0v) is 17.8. The Labute approximate surface area is 183 Å². The van der Waals surface area contributed by atoms with Gasteiger partial charge in [-0.05, 0) is 25.0 Å². The fourth-order valence-corrected chi connectivity index (χ4v) is 4.26. The highest BCUT2D eigenvalue weighted by Gasteiger charge is 2.19. The van der Waals surface area contributed by atoms with Crippen molar-refractivity contribution in [3.8, 4) is 0 Å². The van der Waals surface area contributed by atoms with E-state index in [1.807, 2.05) is 22.9 Å². The number of benzene rings is 1. The molecule has 166 valence electrons. The summed E-state index contributed by atoms with van der Waals surface area (Å²) < 4.78 is 14.2. The predicted molar refractivity (Wildman–Crippen MR) is 114 cm³/mol. The number of carboxylic acid groups (broad SMARTS) is 1. The number of carbonyl (C=O) groups excluding carboxylic acids is 1. The first-order valence-electron chi connectivity index (χ1n) is 9.91. The van der Waals surface area contributed by atoms with Gasteiger partial charge in [0.15, 0.2) is 5.82 Å². The van der Waals surface area contributed by atoms with Crippen LogP contribution >= 0.6 is 11.3 Å². The Morgan fingerprint density at radius 1 is 1.29 bits per heavy atom. The number of hydrogen-bond donors (Lipinski definition) is 2. The molecule has 3 N–H and O–H groups in total. The summed E-state index contributed by atoms with van der Waals surface area (Å²) in [5.74, 6) is 0.862. The third-order valence-corrected chi connectivity index (χ3v) is 5.61. The van der Waals surface area contributed by atoms with E-state index in [4.69, 9.17) is 25.1 Å². The van der Waals surface area contributed by atoms with Gasteiger partial charge < -0.3 is 20.3 Å². The van der Waals surface area contributed by atoms with Crippen LogP contribution in [0.5, 0.6) is 0 Å². The Kier molecular flexibility index (Phi) is 8.44. The highest BCUT2D eigenvalue weighted by Crippen LogP contribution is 2.22. The molecule has 0 aliphatic carbocycles. The summed E-state index contributed by atoms with van der Waals surface area (Å²) in [7, 11) is 0. The van der Waals surface area contributed by atoms with Gasteiger partial charge in [-0.25, -0.2) is 14.6 Å². The number of thiazole rings is 1. The number of aromatic nitrogens is 4. The number of ether oxygens (including phenoxy) is 2. The predicted octanol–water partition coefficient (Wildman–Crippen LogP) is 1.21. The van der Waals surface area contributed by atoms with Gasteiger partial charge in [0.2, 0.25) is 5.91 Å². The van der Waals surface area contributed by atoms with Crippen LogP contribution in [0.25, 0.3) is 10.2 Å². The number of nitrogens with zero attached hydrogens (tertiary/aromatic N) is 4. The van der Waals surface area contributed by atoms with Crippen molar-refractivity contribution in [1.82, 2.24) is 19.7 Å². The van der Waals surface area contributed by atoms with Crippen molar-refractivity contribution in [2.24, 2.45) is 5.73 Å². The van der Waals surface area contributed by atoms with E-state index in [1.165, 1.54) is 4.70 Å². The minimum Gasteiger partial charge on any atom is -0.483 e. The van der Waals surface area contributed by atoms with Crippen LogP contribution < -0.4 is 5.73 Å². The number of amides is 1. The van der Waals surface area contributed by atoms with Crippen molar-refractivity contribution in [1.29, 1.82) is 0 Å². The minimum atomic E-state index is -0.435. The molecule has 0 radical (unpaired) electrons. The summed E-state index contributed by atoms with van der Waals surface area (Å²) in [6.07, 6.45) is 2.51. The minimum absolute atomic E-state index is 0.0416. The molecular formula is C20H25N5O5S. The lowest BCUT2D eigenvalue weighted by Crippen LogP contribution is -2.33. The lowest BCUT2D eigenvalue weighted by atomic mass is 10.2. The molecule has 0 spiro atoms. The van der Waals surface area contributed by atoms with Crippen molar-refractivity contribution in [3.05, 3.63) is 40.9 Å². The molecule has 0 saturated carbocycles. The first-order valence-corrected chi connectivity index (χ1v) is 10.7. The van der Waals surface area contributed by atoms with Crippen LogP contribution in [0.3, 0.4) is 0 Å². The standard InChI is InChI=1S/C19H23N5O3S.CH2O2/c20-16(25)10-17-22-18(24(23-17)11-13-12-26-8-9-27-13)6-3-7-19-21-14-4-1-2-5-15(14)28-19;2-1-3/h1-2,4-5,13H,3,6-12H2,(H2,20,25);1H,(H,2,3). The third kappa shape index (κ3) is 6.81. The van der Waals surface area contributed by atoms with Crippen molar-refractivity contribution < 1.29 is 24.2 Å². The maximum absolute atomic E-state index is 11.2. The van der Waals surface area contributed by atoms with Gasteiger partial charge in [-0.15, -0.1) is 11.3 Å². The molecule has 0 bridgehead atoms. The van der Waals surface area contributed by atoms with Gasteiger partial charge in [0.1, 0.15) is 11.9 Å². The lowest BCUT2D eigenvalue weighted by molar-refractivity contribution is -0.123. The van der Waals surface area contributed by atoms with Crippen LogP contribution in [0.1, 0.15) is 23.1 Å². The maximum Gasteiger partial charge on any atom is 0.290 e. The van der Waals surface area contributed by atoms with Crippen LogP contribution in [0.2, 0.25) is 0 Å². The van der Waals surface area contributed by atoms with Gasteiger partial charge >= 0.3 is 0 Å². The van der Waals surface area contributed by atoms with Gasteiger partial charge in [0.25, 0.3) is 6.47 Å². The van der Waals surface area contributed by atoms with Crippen LogP contribution in [0.15, 0.2) is 24.3 Å². The maximum atomic E-state index is 11.2. The smallest absolute Gasteiger partial charge is 0.290 e. The van der Waals surface area contributed by atoms with Crippen molar-refractivity contribution in [2.75, 3.05) is 19.8 Å². The van der Waals surface area contributed by atoms with Crippen LogP contribution in [-0.4, -0.2) is 63.2 Å². The van der Waals surface area contributed by atoms with Gasteiger partial charge in [0, 0.05) is 6.42 Å². The second-order valence-electron chi connectivity index (χ2n) is 6.87. The van der Waals surface area contributed by atoms with Gasteiger partial charge in [-0.1, -0.05) is 12.1 Å². The SMILES string of the molecule is NC(=O)Cc1nc(CCCc2nc3ccccc3s2)n(CC2COCCO2)n1.O=CO. The molecule has 1 amide bonds. The Morgan fingerprint density at radius 3 is 2.81 bits per heavy atom. The Bertz CT molecular complexity index is 966. The molecule has 1 aliphatic heterocycles. The molecule has 1 atom stereocenters. The highest BCUT2D eigenvalue weighted by molar-refractivity contribution is 7.18. The summed E-state index contributed by atoms with van der Waals surface area (Å²) in [4.78, 5) is 28.8. The molecule has 11 heteroatoms. The van der Waals surface area contributed by atoms with Crippen LogP contribution in [0, 0.1) is 0 Å². The Balaban J connectivity index is 0.000000858. The second kappa shape index (κ2) is 11.5. The molecule has 3 aromatic rings. The van der Waals surface area contributed by atoms with Crippen LogP contribution in [0.4, 0.5) is 0 Å². The molecular weight excluding hydrogens is 422 g/mol. The van der Waals surface area contributed by atoms with E-state index >= 15 is 0 Å². The fraction of sp³-hybridized carbons (Fsp3) is 0.450. The number of aryl methyl sites for hydroxylation is 2. The van der Waals surface area contributed by atoms with Gasteiger partial charge in [-0.3, -0.25) is 9.59 Å². The number of fused-ring (bicyclic) bond motifs is 1. The summed E-state index contributed by atoms with van der Waals surface area (Å²) in [6.45, 7) is 2.05. The number of rotatable bonds is 8. The number of para-hydroxylation sites is 1. The molecule has 3 heterocycles. The van der Waals surface area contributed by atoms with Gasteiger partial charge in [-0.2, -0.15) is 5.10 Å². The lowest BCUT2D eigenvalue weighted by Gasteiger charge is -2.23. The van der Waals surface area contributed by atoms with E-state index in [0.717, 1.165) is 35.6 Å². The normalized spacial score (nSPS) is 15.9. The summed E-state index contributed by atoms with van der Waals surface area (Å²) in [5.41, 5.74) is 6.35. The zero-order valence-electron chi connectivity index (χ0n) is 17.0. The third-order valence-electron chi connectivity index (χ3n) is 4.52. The monoisotopic (exact) mass is 447 g/mol. The average Bonchev–Trinajstić information content (AvgIpc) is 3.32. The Morgan fingerprint density at radius 2 is 2.10 bits per heavy atom. The van der Waals surface area contributed by atoms with Crippen molar-refractivity contribution in [2.45, 2.75) is 38.3 Å². The first-order chi connectivity index (χ1) is 15.1. The van der Waals surface area contributed by atoms with E-state index in [-0.39, 0.29) is 19.0 Å². The molecule has 4 rings (SSSR count). The van der Waals surface area contributed by atoms with E-state index in [0.29, 0.717) is 32.2 Å². The van der Waals surface area contributed by atoms with Crippen molar-refractivity contribution in [3.63, 3.8) is 0 Å². The number of nitrogens with two attached hydrogens (primary N) is 1. The molecule has 1 fully saturated rings. The average molecular weight is 448 g/mol. The quantitative estimate of drug-likeness (QED) is 0.491. The van der Waals surface area contributed by atoms with E-state index < -0.39 is 5.91 Å². The van der Waals surface area contributed by atoms with Crippen LogP contribution in [-0.2, 0) is 44.9 Å². The molecule has 1 saturated heterocycles. The Hall–Kier alpha value is -2.89. The van der Waals surface area contributed by atoms with Crippen molar-refractivity contribution >= 4 is 33.9 Å². The van der Waals surface area contributed by atoms with Gasteiger partial charge in [0.05, 0.1) is 48.0 Å². The number of primary amides is 1. The second-order valence-corrected chi connectivity index (χ2v) is 7.99. The molecule has 2 aromatic heterocycles. The summed E-state index contributed by atoms with van der Waals surface area (Å²) >= 11 is 1.73. The highest BCUT2D eigenvalue weighted by atomic mass is 32.1. The molecule has 1 aliphatic rings.